The Morgan fingerprint density at radius 1 is 1.58 bits per heavy atom. The lowest BCUT2D eigenvalue weighted by Crippen LogP contribution is -2.55. The number of aliphatic carboxylic acids is 1. The molecule has 19 heavy (non-hydrogen) atoms. The van der Waals surface area contributed by atoms with Crippen molar-refractivity contribution < 1.29 is 14.6 Å². The summed E-state index contributed by atoms with van der Waals surface area (Å²) in [6, 6.07) is 0.234. The van der Waals surface area contributed by atoms with Crippen LogP contribution >= 0.6 is 0 Å². The number of hydrogen-bond acceptors (Lipinski definition) is 4. The van der Waals surface area contributed by atoms with Crippen molar-refractivity contribution in [2.24, 2.45) is 0 Å². The van der Waals surface area contributed by atoms with Crippen LogP contribution in [0, 0.1) is 0 Å². The average molecular weight is 272 g/mol. The fraction of sp³-hybridized carbons (Fsp3) is 0.929. The van der Waals surface area contributed by atoms with Gasteiger partial charge in [-0.1, -0.05) is 13.8 Å². The molecule has 0 radical (unpaired) electrons. The van der Waals surface area contributed by atoms with E-state index in [0.717, 1.165) is 26.1 Å². The molecule has 0 saturated carbocycles. The number of nitrogens with one attached hydrogen (secondary N) is 1. The highest BCUT2D eigenvalue weighted by Gasteiger charge is 2.36. The van der Waals surface area contributed by atoms with E-state index in [1.54, 1.807) is 6.92 Å². The highest BCUT2D eigenvalue weighted by Crippen LogP contribution is 2.19. The molecule has 1 fully saturated rings. The van der Waals surface area contributed by atoms with Crippen molar-refractivity contribution in [1.82, 2.24) is 10.2 Å². The molecule has 1 saturated heterocycles. The van der Waals surface area contributed by atoms with Gasteiger partial charge >= 0.3 is 5.97 Å². The molecule has 1 aliphatic heterocycles. The van der Waals surface area contributed by atoms with E-state index in [-0.39, 0.29) is 12.1 Å². The maximum atomic E-state index is 11.4. The van der Waals surface area contributed by atoms with Crippen LogP contribution in [0.2, 0.25) is 0 Å². The molecule has 0 spiro atoms. The molecule has 0 aromatic rings. The zero-order valence-electron chi connectivity index (χ0n) is 12.6. The van der Waals surface area contributed by atoms with Gasteiger partial charge in [0.15, 0.2) is 0 Å². The fourth-order valence-electron chi connectivity index (χ4n) is 2.73. The number of carboxylic acid groups (broad SMARTS) is 1. The average Bonchev–Trinajstić information content (AvgIpc) is 2.38. The van der Waals surface area contributed by atoms with Gasteiger partial charge in [0.25, 0.3) is 0 Å². The Morgan fingerprint density at radius 2 is 2.26 bits per heavy atom. The lowest BCUT2D eigenvalue weighted by Gasteiger charge is -2.39. The zero-order chi connectivity index (χ0) is 14.5. The normalized spacial score (nSPS) is 25.8. The van der Waals surface area contributed by atoms with Crippen LogP contribution in [0.25, 0.3) is 0 Å². The molecule has 112 valence electrons. The van der Waals surface area contributed by atoms with Crippen molar-refractivity contribution in [3.05, 3.63) is 0 Å². The number of morpholine rings is 1. The minimum absolute atomic E-state index is 0.234. The van der Waals surface area contributed by atoms with E-state index in [1.807, 2.05) is 6.92 Å². The molecule has 2 N–H and O–H groups in total. The van der Waals surface area contributed by atoms with Gasteiger partial charge in [-0.3, -0.25) is 9.69 Å². The van der Waals surface area contributed by atoms with Gasteiger partial charge in [-0.2, -0.15) is 0 Å². The van der Waals surface area contributed by atoms with Gasteiger partial charge in [-0.25, -0.2) is 0 Å². The number of likely N-dealkylation sites (N-methyl/N-ethyl adjacent to an activating group) is 1. The summed E-state index contributed by atoms with van der Waals surface area (Å²) >= 11 is 0. The Bertz CT molecular complexity index is 298. The Morgan fingerprint density at radius 3 is 2.79 bits per heavy atom. The highest BCUT2D eigenvalue weighted by atomic mass is 16.5. The molecule has 0 aromatic carbocycles. The first kappa shape index (κ1) is 16.4. The van der Waals surface area contributed by atoms with Crippen LogP contribution in [-0.4, -0.2) is 59.9 Å². The molecule has 1 heterocycles. The molecular formula is C14H28N2O3. The Kier molecular flexibility index (Phi) is 6.23. The maximum absolute atomic E-state index is 11.4. The molecule has 0 aromatic heterocycles. The van der Waals surface area contributed by atoms with Crippen LogP contribution in [0.5, 0.6) is 0 Å². The molecule has 0 bridgehead atoms. The van der Waals surface area contributed by atoms with E-state index in [0.29, 0.717) is 13.0 Å². The molecule has 3 atom stereocenters. The number of hydrogen-bond donors (Lipinski definition) is 2. The minimum atomic E-state index is -0.853. The summed E-state index contributed by atoms with van der Waals surface area (Å²) in [5.41, 5.74) is -0.853. The van der Waals surface area contributed by atoms with E-state index in [4.69, 9.17) is 4.74 Å². The van der Waals surface area contributed by atoms with Crippen LogP contribution < -0.4 is 5.32 Å². The summed E-state index contributed by atoms with van der Waals surface area (Å²) in [5.74, 6) is -0.776. The number of carboxylic acids is 1. The third kappa shape index (κ3) is 4.44. The molecule has 5 nitrogen and oxygen atoms in total. The van der Waals surface area contributed by atoms with Gasteiger partial charge in [0.05, 0.1) is 12.7 Å². The molecule has 1 aliphatic rings. The topological polar surface area (TPSA) is 61.8 Å². The molecule has 1 rings (SSSR count). The lowest BCUT2D eigenvalue weighted by molar-refractivity contribution is -0.145. The number of carbonyl (C=O) groups is 1. The van der Waals surface area contributed by atoms with Crippen LogP contribution in [0.3, 0.4) is 0 Å². The highest BCUT2D eigenvalue weighted by molar-refractivity contribution is 5.78. The third-order valence-electron chi connectivity index (χ3n) is 3.99. The fourth-order valence-corrected chi connectivity index (χ4v) is 2.73. The van der Waals surface area contributed by atoms with Crippen LogP contribution in [0.15, 0.2) is 0 Å². The maximum Gasteiger partial charge on any atom is 0.323 e. The summed E-state index contributed by atoms with van der Waals surface area (Å²) in [6.07, 6.45) is 1.89. The molecule has 0 aliphatic carbocycles. The zero-order valence-corrected chi connectivity index (χ0v) is 12.6. The van der Waals surface area contributed by atoms with Gasteiger partial charge < -0.3 is 15.2 Å². The Balaban J connectivity index is 2.61. The van der Waals surface area contributed by atoms with Crippen LogP contribution in [-0.2, 0) is 9.53 Å². The van der Waals surface area contributed by atoms with Gasteiger partial charge in [-0.15, -0.1) is 0 Å². The number of ether oxygens (including phenoxy) is 1. The number of rotatable bonds is 7. The molecule has 0 amide bonds. The lowest BCUT2D eigenvalue weighted by atomic mass is 9.92. The largest absolute Gasteiger partial charge is 0.480 e. The van der Waals surface area contributed by atoms with Crippen molar-refractivity contribution in [2.45, 2.75) is 58.2 Å². The standard InChI is InChI=1S/C14H28N2O3/c1-5-12-10-16(7-8-19-12)11(3)9-14(4,13(17)18)15-6-2/h11-12,15H,5-10H2,1-4H3,(H,17,18). The Hall–Kier alpha value is -0.650. The van der Waals surface area contributed by atoms with E-state index in [2.05, 4.69) is 24.1 Å². The van der Waals surface area contributed by atoms with Gasteiger partial charge in [0.1, 0.15) is 5.54 Å². The monoisotopic (exact) mass is 272 g/mol. The molecule has 3 unspecified atom stereocenters. The first-order valence-corrected chi connectivity index (χ1v) is 7.27. The predicted octanol–water partition coefficient (Wildman–Crippen LogP) is 1.33. The van der Waals surface area contributed by atoms with Crippen molar-refractivity contribution in [2.75, 3.05) is 26.2 Å². The van der Waals surface area contributed by atoms with Gasteiger partial charge in [0, 0.05) is 19.1 Å². The van der Waals surface area contributed by atoms with E-state index in [1.165, 1.54) is 0 Å². The Labute approximate surface area is 116 Å². The second kappa shape index (κ2) is 7.22. The smallest absolute Gasteiger partial charge is 0.323 e. The van der Waals surface area contributed by atoms with E-state index in [9.17, 15) is 9.90 Å². The van der Waals surface area contributed by atoms with Crippen molar-refractivity contribution >= 4 is 5.97 Å². The van der Waals surface area contributed by atoms with Crippen molar-refractivity contribution in [3.8, 4) is 0 Å². The summed E-state index contributed by atoms with van der Waals surface area (Å²) in [5, 5.41) is 12.5. The predicted molar refractivity (Wildman–Crippen MR) is 75.4 cm³/mol. The first-order chi connectivity index (χ1) is 8.92. The summed E-state index contributed by atoms with van der Waals surface area (Å²) in [7, 11) is 0. The number of nitrogens with zero attached hydrogens (tertiary/aromatic N) is 1. The van der Waals surface area contributed by atoms with Gasteiger partial charge in [-0.05, 0) is 33.2 Å². The summed E-state index contributed by atoms with van der Waals surface area (Å²) in [6.45, 7) is 11.1. The van der Waals surface area contributed by atoms with Crippen LogP contribution in [0.4, 0.5) is 0 Å². The second-order valence-corrected chi connectivity index (χ2v) is 5.62. The summed E-state index contributed by atoms with van der Waals surface area (Å²) < 4.78 is 5.66. The molecule has 5 heteroatoms. The molecular weight excluding hydrogens is 244 g/mol. The first-order valence-electron chi connectivity index (χ1n) is 7.27. The van der Waals surface area contributed by atoms with Crippen molar-refractivity contribution in [3.63, 3.8) is 0 Å². The SMILES string of the molecule is CCNC(C)(CC(C)N1CCOC(CC)C1)C(=O)O. The van der Waals surface area contributed by atoms with Crippen molar-refractivity contribution in [1.29, 1.82) is 0 Å². The van der Waals surface area contributed by atoms with E-state index >= 15 is 0 Å². The van der Waals surface area contributed by atoms with E-state index < -0.39 is 11.5 Å². The van der Waals surface area contributed by atoms with Gasteiger partial charge in [0.2, 0.25) is 0 Å². The van der Waals surface area contributed by atoms with Crippen LogP contribution in [0.1, 0.15) is 40.5 Å². The third-order valence-corrected chi connectivity index (χ3v) is 3.99. The quantitative estimate of drug-likeness (QED) is 0.732. The summed E-state index contributed by atoms with van der Waals surface area (Å²) in [4.78, 5) is 13.8. The minimum Gasteiger partial charge on any atom is -0.480 e. The second-order valence-electron chi connectivity index (χ2n) is 5.62.